The first-order chi connectivity index (χ1) is 52.9. The molecule has 19 heteroatoms. The molecule has 0 radical (unpaired) electrons. The summed E-state index contributed by atoms with van der Waals surface area (Å²) in [5.74, 6) is -0.418. The number of hydrogen-bond donors (Lipinski definition) is 3. The molecule has 0 aliphatic heterocycles. The summed E-state index contributed by atoms with van der Waals surface area (Å²) in [6.45, 7) is 9.79. The van der Waals surface area contributed by atoms with Crippen molar-refractivity contribution < 1.29 is 80.2 Å². The van der Waals surface area contributed by atoms with Gasteiger partial charge in [0.15, 0.2) is 12.2 Å². The Bertz CT molecular complexity index is 2080. The van der Waals surface area contributed by atoms with Gasteiger partial charge in [0.05, 0.1) is 26.4 Å². The Labute approximate surface area is 670 Å². The highest BCUT2D eigenvalue weighted by Gasteiger charge is 2.31. The van der Waals surface area contributed by atoms with Gasteiger partial charge in [-0.25, -0.2) is 9.13 Å². The number of carbonyl (C=O) groups excluding carboxylic acids is 4. The second-order valence-corrected chi connectivity index (χ2v) is 36.0. The van der Waals surface area contributed by atoms with Crippen LogP contribution in [0.3, 0.4) is 0 Å². The Morgan fingerprint density at radius 2 is 0.468 bits per heavy atom. The second kappa shape index (κ2) is 81.2. The summed E-state index contributed by atoms with van der Waals surface area (Å²) in [6.07, 6.45) is 74.9. The lowest BCUT2D eigenvalue weighted by molar-refractivity contribution is -0.161. The maximum atomic E-state index is 13.2. The molecule has 0 heterocycles. The van der Waals surface area contributed by atoms with Crippen LogP contribution >= 0.6 is 15.6 Å². The van der Waals surface area contributed by atoms with Crippen molar-refractivity contribution in [3.8, 4) is 0 Å². The SMILES string of the molecule is CCCCCCCCCCCCCCCCCCCCC(=O)O[C@H](COC(=O)CCCCCCCCCCCCC)COP(=O)(O)OC[C@H](O)COP(=O)(O)OC[C@@H](COC(=O)CCCCCCCCCCCCCCCCCC(C)C)OC(=O)CCCCCCCCCCCCCCCCCCCCC(C)CC. The lowest BCUT2D eigenvalue weighted by Crippen LogP contribution is -2.30. The molecular weight excluding hydrogens is 1410 g/mol. The minimum absolute atomic E-state index is 0.109. The fourth-order valence-corrected chi connectivity index (χ4v) is 15.7. The van der Waals surface area contributed by atoms with Crippen LogP contribution in [0.1, 0.15) is 485 Å². The Morgan fingerprint density at radius 1 is 0.266 bits per heavy atom. The molecule has 0 bridgehead atoms. The van der Waals surface area contributed by atoms with E-state index in [0.29, 0.717) is 25.7 Å². The number of aliphatic hydroxyl groups is 1. The van der Waals surface area contributed by atoms with Crippen LogP contribution in [0, 0.1) is 11.8 Å². The van der Waals surface area contributed by atoms with Crippen molar-refractivity contribution in [1.82, 2.24) is 0 Å². The van der Waals surface area contributed by atoms with Crippen LogP contribution < -0.4 is 0 Å². The highest BCUT2D eigenvalue weighted by molar-refractivity contribution is 7.47. The summed E-state index contributed by atoms with van der Waals surface area (Å²) in [6, 6.07) is 0. The van der Waals surface area contributed by atoms with Gasteiger partial charge in [-0.05, 0) is 37.5 Å². The van der Waals surface area contributed by atoms with Crippen molar-refractivity contribution in [2.75, 3.05) is 39.6 Å². The Hall–Kier alpha value is -1.94. The van der Waals surface area contributed by atoms with E-state index in [1.54, 1.807) is 0 Å². The topological polar surface area (TPSA) is 237 Å². The smallest absolute Gasteiger partial charge is 0.462 e. The molecule has 0 aromatic rings. The molecule has 648 valence electrons. The van der Waals surface area contributed by atoms with Gasteiger partial charge in [-0.3, -0.25) is 37.3 Å². The van der Waals surface area contributed by atoms with Crippen LogP contribution in [0.5, 0.6) is 0 Å². The number of ether oxygens (including phenoxy) is 4. The molecule has 6 atom stereocenters. The molecule has 0 aromatic carbocycles. The first kappa shape index (κ1) is 107. The number of unbranched alkanes of at least 4 members (excludes halogenated alkanes) is 58. The minimum atomic E-state index is -4.97. The molecule has 0 aromatic heterocycles. The Kier molecular flexibility index (Phi) is 79.8. The normalized spacial score (nSPS) is 14.0. The van der Waals surface area contributed by atoms with Crippen molar-refractivity contribution in [3.63, 3.8) is 0 Å². The van der Waals surface area contributed by atoms with Crippen molar-refractivity contribution in [2.45, 2.75) is 503 Å². The second-order valence-electron chi connectivity index (χ2n) is 33.1. The van der Waals surface area contributed by atoms with Crippen molar-refractivity contribution in [2.24, 2.45) is 11.8 Å². The third kappa shape index (κ3) is 82.4. The third-order valence-corrected chi connectivity index (χ3v) is 23.5. The van der Waals surface area contributed by atoms with E-state index in [4.69, 9.17) is 37.0 Å². The molecule has 0 fully saturated rings. The van der Waals surface area contributed by atoms with Crippen LogP contribution in [0.25, 0.3) is 0 Å². The van der Waals surface area contributed by atoms with Gasteiger partial charge in [0.1, 0.15) is 19.3 Å². The zero-order valence-corrected chi connectivity index (χ0v) is 73.7. The molecule has 0 aliphatic carbocycles. The Morgan fingerprint density at radius 3 is 0.697 bits per heavy atom. The quantitative estimate of drug-likeness (QED) is 0.0222. The number of phosphoric ester groups is 2. The summed E-state index contributed by atoms with van der Waals surface area (Å²) in [4.78, 5) is 73.4. The summed E-state index contributed by atoms with van der Waals surface area (Å²) in [7, 11) is -9.93. The van der Waals surface area contributed by atoms with E-state index >= 15 is 0 Å². The van der Waals surface area contributed by atoms with Gasteiger partial charge in [0.25, 0.3) is 0 Å². The van der Waals surface area contributed by atoms with Crippen LogP contribution in [0.2, 0.25) is 0 Å². The zero-order chi connectivity index (χ0) is 79.9. The lowest BCUT2D eigenvalue weighted by Gasteiger charge is -2.21. The molecule has 0 aliphatic rings. The Balaban J connectivity index is 5.23. The van der Waals surface area contributed by atoms with Gasteiger partial charge in [-0.1, -0.05) is 433 Å². The number of carbonyl (C=O) groups is 4. The first-order valence-corrected chi connectivity index (χ1v) is 49.5. The molecule has 0 spiro atoms. The maximum Gasteiger partial charge on any atom is 0.472 e. The van der Waals surface area contributed by atoms with Gasteiger partial charge >= 0.3 is 39.5 Å². The molecule has 0 rings (SSSR count). The van der Waals surface area contributed by atoms with Crippen molar-refractivity contribution >= 4 is 39.5 Å². The van der Waals surface area contributed by atoms with Gasteiger partial charge in [-0.15, -0.1) is 0 Å². The van der Waals surface area contributed by atoms with E-state index < -0.39 is 97.5 Å². The fourth-order valence-electron chi connectivity index (χ4n) is 14.1. The summed E-state index contributed by atoms with van der Waals surface area (Å²) in [5, 5.41) is 10.7. The first-order valence-electron chi connectivity index (χ1n) is 46.5. The molecule has 17 nitrogen and oxygen atoms in total. The van der Waals surface area contributed by atoms with E-state index in [-0.39, 0.29) is 25.7 Å². The predicted molar refractivity (Wildman–Crippen MR) is 451 cm³/mol. The molecule has 3 N–H and O–H groups in total. The van der Waals surface area contributed by atoms with Crippen LogP contribution in [0.4, 0.5) is 0 Å². The van der Waals surface area contributed by atoms with Gasteiger partial charge < -0.3 is 33.8 Å². The largest absolute Gasteiger partial charge is 0.472 e. The van der Waals surface area contributed by atoms with Gasteiger partial charge in [0, 0.05) is 25.7 Å². The average Bonchev–Trinajstić information content (AvgIpc) is 0.926. The monoisotopic (exact) mass is 1590 g/mol. The molecule has 109 heavy (non-hydrogen) atoms. The molecule has 0 saturated carbocycles. The summed E-state index contributed by atoms with van der Waals surface area (Å²) < 4.78 is 69.0. The van der Waals surface area contributed by atoms with Crippen molar-refractivity contribution in [3.05, 3.63) is 0 Å². The van der Waals surface area contributed by atoms with E-state index in [9.17, 15) is 43.2 Å². The number of hydrogen-bond acceptors (Lipinski definition) is 15. The highest BCUT2D eigenvalue weighted by Crippen LogP contribution is 2.45. The summed E-state index contributed by atoms with van der Waals surface area (Å²) in [5.41, 5.74) is 0. The van der Waals surface area contributed by atoms with Crippen molar-refractivity contribution in [1.29, 1.82) is 0 Å². The standard InChI is InChI=1S/C90H176O17P2/c1-7-10-12-14-16-18-20-21-22-23-27-32-38-44-50-56-62-68-74-89(94)106-85(78-100-87(92)72-66-60-54-48-40-19-17-15-13-11-8-2)80-104-108(96,97)102-76-84(91)77-103-109(98,99)105-81-86(79-101-88(93)73-67-61-55-49-43-37-34-29-30-35-41-46-52-58-64-70-82(4)5)107-90(95)75-69-63-57-51-45-39-33-28-25-24-26-31-36-42-47-53-59-65-71-83(6)9-3/h82-86,91H,7-81H2,1-6H3,(H,96,97)(H,98,99)/t83?,84-,85+,86+/m0/s1. The van der Waals surface area contributed by atoms with E-state index in [2.05, 4.69) is 41.5 Å². The number of esters is 4. The van der Waals surface area contributed by atoms with Crippen LogP contribution in [0.15, 0.2) is 0 Å². The molecule has 0 amide bonds. The number of aliphatic hydroxyl groups excluding tert-OH is 1. The lowest BCUT2D eigenvalue weighted by atomic mass is 9.99. The minimum Gasteiger partial charge on any atom is -0.462 e. The fraction of sp³-hybridized carbons (Fsp3) is 0.956. The molecular formula is C90H176O17P2. The number of phosphoric acid groups is 2. The molecule has 0 saturated heterocycles. The van der Waals surface area contributed by atoms with Gasteiger partial charge in [-0.2, -0.15) is 0 Å². The average molecular weight is 1590 g/mol. The predicted octanol–water partition coefficient (Wildman–Crippen LogP) is 27.8. The van der Waals surface area contributed by atoms with E-state index in [1.807, 2.05) is 0 Å². The van der Waals surface area contributed by atoms with Gasteiger partial charge in [0.2, 0.25) is 0 Å². The highest BCUT2D eigenvalue weighted by atomic mass is 31.2. The van der Waals surface area contributed by atoms with E-state index in [0.717, 1.165) is 102 Å². The number of rotatable bonds is 89. The summed E-state index contributed by atoms with van der Waals surface area (Å²) >= 11 is 0. The molecule has 3 unspecified atom stereocenters. The zero-order valence-electron chi connectivity index (χ0n) is 71.9. The van der Waals surface area contributed by atoms with Crippen LogP contribution in [-0.4, -0.2) is 96.7 Å². The van der Waals surface area contributed by atoms with E-state index in [1.165, 1.54) is 302 Å². The third-order valence-electron chi connectivity index (χ3n) is 21.6. The maximum absolute atomic E-state index is 13.2. The van der Waals surface area contributed by atoms with Crippen LogP contribution in [-0.2, 0) is 65.4 Å².